The largest absolute Gasteiger partial charge is 0.314 e. The van der Waals surface area contributed by atoms with E-state index in [1.807, 2.05) is 0 Å². The fourth-order valence-electron chi connectivity index (χ4n) is 3.06. The van der Waals surface area contributed by atoms with Gasteiger partial charge < -0.3 is 10.2 Å². The van der Waals surface area contributed by atoms with Crippen LogP contribution in [0.15, 0.2) is 0 Å². The third kappa shape index (κ3) is 6.75. The third-order valence-electron chi connectivity index (χ3n) is 4.05. The predicted molar refractivity (Wildman–Crippen MR) is 81.1 cm³/mol. The molecule has 1 fully saturated rings. The van der Waals surface area contributed by atoms with Crippen LogP contribution in [0, 0.1) is 5.92 Å². The molecule has 0 aliphatic carbocycles. The van der Waals surface area contributed by atoms with Gasteiger partial charge in [-0.25, -0.2) is 0 Å². The van der Waals surface area contributed by atoms with Crippen LogP contribution in [-0.2, 0) is 0 Å². The van der Waals surface area contributed by atoms with Crippen molar-refractivity contribution in [2.75, 3.05) is 26.2 Å². The predicted octanol–water partition coefficient (Wildman–Crippen LogP) is 3.67. The van der Waals surface area contributed by atoms with Crippen LogP contribution >= 0.6 is 0 Å². The van der Waals surface area contributed by atoms with Crippen molar-refractivity contribution in [2.45, 2.75) is 71.8 Å². The highest BCUT2D eigenvalue weighted by Gasteiger charge is 2.14. The lowest BCUT2D eigenvalue weighted by atomic mass is 10.0. The molecular formula is C16H34N2. The van der Waals surface area contributed by atoms with E-state index in [2.05, 4.69) is 31.0 Å². The van der Waals surface area contributed by atoms with Gasteiger partial charge in [-0.2, -0.15) is 0 Å². The van der Waals surface area contributed by atoms with E-state index >= 15 is 0 Å². The van der Waals surface area contributed by atoms with Gasteiger partial charge in [-0.1, -0.05) is 40.0 Å². The molecule has 0 aromatic heterocycles. The van der Waals surface area contributed by atoms with Crippen molar-refractivity contribution in [3.8, 4) is 0 Å². The molecule has 0 spiro atoms. The van der Waals surface area contributed by atoms with E-state index in [1.54, 1.807) is 0 Å². The van der Waals surface area contributed by atoms with Gasteiger partial charge in [-0.05, 0) is 51.2 Å². The summed E-state index contributed by atoms with van der Waals surface area (Å²) in [6.45, 7) is 12.1. The third-order valence-corrected chi connectivity index (χ3v) is 4.05. The maximum atomic E-state index is 3.78. The zero-order chi connectivity index (χ0) is 13.2. The zero-order valence-electron chi connectivity index (χ0n) is 12.9. The molecule has 2 nitrogen and oxygen atoms in total. The molecule has 0 saturated carbocycles. The van der Waals surface area contributed by atoms with Gasteiger partial charge in [-0.3, -0.25) is 0 Å². The summed E-state index contributed by atoms with van der Waals surface area (Å²) in [7, 11) is 0. The molecule has 1 rings (SSSR count). The Bertz CT molecular complexity index is 182. The maximum Gasteiger partial charge on any atom is 0.00669 e. The number of hydrogen-bond donors (Lipinski definition) is 1. The minimum absolute atomic E-state index is 0.754. The normalized spacial score (nSPS) is 19.3. The molecule has 1 atom stereocenters. The lowest BCUT2D eigenvalue weighted by molar-refractivity contribution is 0.196. The van der Waals surface area contributed by atoms with E-state index in [4.69, 9.17) is 0 Å². The lowest BCUT2D eigenvalue weighted by Crippen LogP contribution is -2.39. The van der Waals surface area contributed by atoms with Gasteiger partial charge in [0.05, 0.1) is 0 Å². The molecule has 0 aromatic rings. The van der Waals surface area contributed by atoms with Gasteiger partial charge in [-0.15, -0.1) is 0 Å². The quantitative estimate of drug-likeness (QED) is 0.675. The van der Waals surface area contributed by atoms with Crippen LogP contribution in [0.1, 0.15) is 65.7 Å². The first kappa shape index (κ1) is 16.0. The van der Waals surface area contributed by atoms with Crippen LogP contribution in [0.3, 0.4) is 0 Å². The van der Waals surface area contributed by atoms with E-state index in [0.29, 0.717) is 0 Å². The first-order valence-electron chi connectivity index (χ1n) is 8.22. The van der Waals surface area contributed by atoms with Gasteiger partial charge in [0.2, 0.25) is 0 Å². The number of nitrogens with one attached hydrogen (secondary N) is 1. The van der Waals surface area contributed by atoms with Crippen LogP contribution in [0.25, 0.3) is 0 Å². The second-order valence-electron chi connectivity index (χ2n) is 6.15. The smallest absolute Gasteiger partial charge is 0.00669 e. The molecule has 1 saturated heterocycles. The first-order chi connectivity index (χ1) is 8.76. The highest BCUT2D eigenvalue weighted by molar-refractivity contribution is 4.72. The molecule has 0 amide bonds. The molecule has 1 aliphatic heterocycles. The van der Waals surface area contributed by atoms with Gasteiger partial charge in [0.25, 0.3) is 0 Å². The summed E-state index contributed by atoms with van der Waals surface area (Å²) < 4.78 is 0. The average Bonchev–Trinajstić information content (AvgIpc) is 2.38. The van der Waals surface area contributed by atoms with Crippen LogP contribution in [0.2, 0.25) is 0 Å². The highest BCUT2D eigenvalue weighted by Crippen LogP contribution is 2.11. The SMILES string of the molecule is CCCC(CCC)NCC(C)CN1CCCCC1. The Morgan fingerprint density at radius 3 is 2.17 bits per heavy atom. The number of rotatable bonds is 9. The second-order valence-corrected chi connectivity index (χ2v) is 6.15. The van der Waals surface area contributed by atoms with Gasteiger partial charge in [0.15, 0.2) is 0 Å². The van der Waals surface area contributed by atoms with Gasteiger partial charge in [0, 0.05) is 12.6 Å². The van der Waals surface area contributed by atoms with Crippen molar-refractivity contribution >= 4 is 0 Å². The lowest BCUT2D eigenvalue weighted by Gasteiger charge is -2.30. The molecule has 108 valence electrons. The summed E-state index contributed by atoms with van der Waals surface area (Å²) in [5.74, 6) is 0.791. The Kier molecular flexibility index (Phi) is 8.70. The Hall–Kier alpha value is -0.0800. The molecule has 1 heterocycles. The summed E-state index contributed by atoms with van der Waals surface area (Å²) in [5, 5.41) is 3.78. The van der Waals surface area contributed by atoms with E-state index in [0.717, 1.165) is 12.0 Å². The molecule has 0 aromatic carbocycles. The molecule has 0 bridgehead atoms. The zero-order valence-corrected chi connectivity index (χ0v) is 12.9. The number of piperidine rings is 1. The van der Waals surface area contributed by atoms with Gasteiger partial charge >= 0.3 is 0 Å². The fraction of sp³-hybridized carbons (Fsp3) is 1.00. The van der Waals surface area contributed by atoms with Crippen molar-refractivity contribution in [2.24, 2.45) is 5.92 Å². The number of likely N-dealkylation sites (tertiary alicyclic amines) is 1. The monoisotopic (exact) mass is 254 g/mol. The van der Waals surface area contributed by atoms with Crippen molar-refractivity contribution in [3.05, 3.63) is 0 Å². The van der Waals surface area contributed by atoms with Gasteiger partial charge in [0.1, 0.15) is 0 Å². The maximum absolute atomic E-state index is 3.78. The highest BCUT2D eigenvalue weighted by atomic mass is 15.1. The van der Waals surface area contributed by atoms with Crippen LogP contribution in [-0.4, -0.2) is 37.1 Å². The molecule has 18 heavy (non-hydrogen) atoms. The topological polar surface area (TPSA) is 15.3 Å². The minimum atomic E-state index is 0.754. The molecule has 1 aliphatic rings. The standard InChI is InChI=1S/C16H34N2/c1-4-9-16(10-5-2)17-13-15(3)14-18-11-7-6-8-12-18/h15-17H,4-14H2,1-3H3. The number of hydrogen-bond acceptors (Lipinski definition) is 2. The summed E-state index contributed by atoms with van der Waals surface area (Å²) in [6, 6.07) is 0.754. The Morgan fingerprint density at radius 1 is 1.00 bits per heavy atom. The molecular weight excluding hydrogens is 220 g/mol. The van der Waals surface area contributed by atoms with Crippen molar-refractivity contribution in [1.29, 1.82) is 0 Å². The molecule has 1 N–H and O–H groups in total. The van der Waals surface area contributed by atoms with Crippen molar-refractivity contribution < 1.29 is 0 Å². The number of nitrogens with zero attached hydrogens (tertiary/aromatic N) is 1. The van der Waals surface area contributed by atoms with E-state index in [-0.39, 0.29) is 0 Å². The van der Waals surface area contributed by atoms with Crippen molar-refractivity contribution in [1.82, 2.24) is 10.2 Å². The van der Waals surface area contributed by atoms with Crippen LogP contribution in [0.5, 0.6) is 0 Å². The fourth-order valence-corrected chi connectivity index (χ4v) is 3.06. The summed E-state index contributed by atoms with van der Waals surface area (Å²) in [6.07, 6.45) is 9.55. The van der Waals surface area contributed by atoms with E-state index in [1.165, 1.54) is 71.1 Å². The van der Waals surface area contributed by atoms with Crippen LogP contribution < -0.4 is 5.32 Å². The Morgan fingerprint density at radius 2 is 1.61 bits per heavy atom. The van der Waals surface area contributed by atoms with Crippen LogP contribution in [0.4, 0.5) is 0 Å². The van der Waals surface area contributed by atoms with E-state index < -0.39 is 0 Å². The molecule has 1 unspecified atom stereocenters. The van der Waals surface area contributed by atoms with Crippen molar-refractivity contribution in [3.63, 3.8) is 0 Å². The average molecular weight is 254 g/mol. The molecule has 2 heteroatoms. The first-order valence-corrected chi connectivity index (χ1v) is 8.22. The molecule has 0 radical (unpaired) electrons. The summed E-state index contributed by atoms with van der Waals surface area (Å²) in [4.78, 5) is 2.66. The second kappa shape index (κ2) is 9.80. The summed E-state index contributed by atoms with van der Waals surface area (Å²) in [5.41, 5.74) is 0. The Balaban J connectivity index is 2.15. The Labute approximate surface area is 115 Å². The summed E-state index contributed by atoms with van der Waals surface area (Å²) >= 11 is 0. The van der Waals surface area contributed by atoms with E-state index in [9.17, 15) is 0 Å². The minimum Gasteiger partial charge on any atom is -0.314 e.